The largest absolute Gasteiger partial charge is 0.361 e. The number of fused-ring (bicyclic) bond motifs is 2. The maximum Gasteiger partial charge on any atom is 0.326 e. The van der Waals surface area contributed by atoms with Crippen molar-refractivity contribution in [3.05, 3.63) is 221 Å². The molecule has 0 atom stereocenters. The van der Waals surface area contributed by atoms with Gasteiger partial charge in [-0.05, 0) is 126 Å². The molecule has 0 radical (unpaired) electrons. The maximum atomic E-state index is 12.9. The van der Waals surface area contributed by atoms with Crippen LogP contribution in [0.3, 0.4) is 0 Å². The minimum Gasteiger partial charge on any atom is -0.361 e. The highest BCUT2D eigenvalue weighted by molar-refractivity contribution is 7.91. The van der Waals surface area contributed by atoms with Gasteiger partial charge < -0.3 is 15.6 Å². The lowest BCUT2D eigenvalue weighted by Gasteiger charge is -2.26. The van der Waals surface area contributed by atoms with Crippen LogP contribution in [0.4, 0.5) is 49.0 Å². The lowest BCUT2D eigenvalue weighted by Crippen LogP contribution is -2.39. The SMILES string of the molecule is C.CC(C)(C)c1cc(NC(=O)Nc2ccc(Cl)cc2)n(-c2ccc(C(=O)NS(C)(=O)=O)cc2)n1.CC(C)(C)c1cc(NC(=O)Nc2ccc3[nH]ccc3c2)n(-c2ccc(CN3CCS(=O)(=O)CC3)cc2)n1.CC(C)(C)c1cc(NC(=O)Nc2ccc3ccccc3n2)n(-c2ccc(CN3CCS(=O)(=O)CC3)cc2)n1. The van der Waals surface area contributed by atoms with E-state index in [4.69, 9.17) is 21.8 Å². The highest BCUT2D eigenvalue weighted by atomic mass is 35.5. The molecule has 2 fully saturated rings. The summed E-state index contributed by atoms with van der Waals surface area (Å²) in [5.74, 6) is 2.09. The Balaban J connectivity index is 0.000000174. The first-order chi connectivity index (χ1) is 50.9. The summed E-state index contributed by atoms with van der Waals surface area (Å²) < 4.78 is 76.4. The molecule has 7 heterocycles. The highest BCUT2D eigenvalue weighted by Crippen LogP contribution is 2.31. The van der Waals surface area contributed by atoms with Crippen molar-refractivity contribution in [3.63, 3.8) is 0 Å². The number of sulfonamides is 1. The fourth-order valence-corrected chi connectivity index (χ4v) is 14.7. The molecule has 0 saturated carbocycles. The number of H-pyrrole nitrogens is 1. The second kappa shape index (κ2) is 33.4. The van der Waals surface area contributed by atoms with Gasteiger partial charge in [0, 0.05) is 118 Å². The second-order valence-corrected chi connectivity index (χ2v) is 36.4. The van der Waals surface area contributed by atoms with Crippen LogP contribution in [0.5, 0.6) is 0 Å². The van der Waals surface area contributed by atoms with Crippen molar-refractivity contribution < 1.29 is 44.4 Å². The fourth-order valence-electron chi connectivity index (χ4n) is 11.5. The van der Waals surface area contributed by atoms with Crippen molar-refractivity contribution in [2.24, 2.45) is 0 Å². The molecule has 7 amide bonds. The molecule has 27 nitrogen and oxygen atoms in total. The van der Waals surface area contributed by atoms with E-state index in [1.807, 2.05) is 147 Å². The number of amides is 7. The van der Waals surface area contributed by atoms with Gasteiger partial charge in [0.25, 0.3) is 5.91 Å². The third-order valence-electron chi connectivity index (χ3n) is 17.6. The molecular weight excluding hydrogens is 1470 g/mol. The average molecular weight is 1560 g/mol. The zero-order valence-electron chi connectivity index (χ0n) is 61.6. The average Bonchev–Trinajstić information content (AvgIpc) is 1.70. The normalized spacial score (nSPS) is 14.5. The fraction of sp³-hybridized carbons (Fsp3) is 0.308. The van der Waals surface area contributed by atoms with Gasteiger partial charge in [0.1, 0.15) is 23.3 Å². The molecule has 2 aliphatic heterocycles. The van der Waals surface area contributed by atoms with E-state index < -0.39 is 47.7 Å². The molecule has 2 aliphatic rings. The highest BCUT2D eigenvalue weighted by Gasteiger charge is 2.28. The number of halogens is 1. The predicted molar refractivity (Wildman–Crippen MR) is 433 cm³/mol. The van der Waals surface area contributed by atoms with Crippen LogP contribution in [0.2, 0.25) is 5.02 Å². The first-order valence-corrected chi connectivity index (χ1v) is 40.8. The van der Waals surface area contributed by atoms with Crippen LogP contribution in [0.25, 0.3) is 38.9 Å². The Morgan fingerprint density at radius 1 is 0.477 bits per heavy atom. The van der Waals surface area contributed by atoms with Crippen LogP contribution >= 0.6 is 11.6 Å². The number of carbonyl (C=O) groups excluding carboxylic acids is 4. The molecule has 8 N–H and O–H groups in total. The number of aromatic nitrogens is 8. The molecule has 574 valence electrons. The van der Waals surface area contributed by atoms with E-state index in [0.29, 0.717) is 84.6 Å². The molecule has 6 aromatic carbocycles. The molecule has 13 rings (SSSR count). The molecule has 0 unspecified atom stereocenters. The van der Waals surface area contributed by atoms with Crippen molar-refractivity contribution >= 4 is 122 Å². The Morgan fingerprint density at radius 2 is 0.890 bits per heavy atom. The quantitative estimate of drug-likeness (QED) is 0.0473. The third kappa shape index (κ3) is 22.2. The molecule has 0 aliphatic carbocycles. The maximum absolute atomic E-state index is 12.9. The Hall–Kier alpha value is -10.8. The lowest BCUT2D eigenvalue weighted by molar-refractivity contribution is 0.0981. The van der Waals surface area contributed by atoms with E-state index in [2.05, 4.69) is 98.3 Å². The standard InChI is InChI=1S/C28H32N6O3S.C27H32N6O3S.C22H24ClN5O4S.CH4/c1-28(2,3)24-18-26(31-27(35)30-25-13-10-21-6-4-5-7-23(21)29-25)34(32-24)22-11-8-20(9-12-22)19-33-14-16-38(36,37)17-15-33;1-27(2,3)24-17-25(30-26(34)29-21-6-9-23-20(16-21)10-11-28-23)33(31-24)22-7-4-19(5-8-22)18-32-12-14-37(35,36)15-13-32;1-22(2,3)18-13-19(25-21(30)24-16-9-7-15(23)8-10-16)28(26-18)17-11-5-14(6-12-17)20(29)27-33(4,31)32;/h4-13,18H,14-17,19H2,1-3H3,(H2,29,30,31,35);4-11,16-17,28H,12-15,18H2,1-3H3,(H2,29,30,34);5-13H,1-4H3,(H,27,29)(H2,24,25,30);1H4. The first kappa shape index (κ1) is 80.8. The first-order valence-electron chi connectivity index (χ1n) is 34.8. The van der Waals surface area contributed by atoms with Gasteiger partial charge in [-0.1, -0.05) is 124 Å². The number of nitrogens with zero attached hydrogens (tertiary/aromatic N) is 9. The summed E-state index contributed by atoms with van der Waals surface area (Å²) in [6.45, 7) is 22.0. The van der Waals surface area contributed by atoms with E-state index >= 15 is 0 Å². The summed E-state index contributed by atoms with van der Waals surface area (Å²) in [5.41, 5.74) is 9.37. The molecular formula is C78H92ClN17O10S3. The number of sulfone groups is 2. The summed E-state index contributed by atoms with van der Waals surface area (Å²) in [4.78, 5) is 62.4. The van der Waals surface area contributed by atoms with Gasteiger partial charge in [-0.3, -0.25) is 35.9 Å². The van der Waals surface area contributed by atoms with Crippen LogP contribution in [-0.4, -0.2) is 154 Å². The molecule has 0 spiro atoms. The van der Waals surface area contributed by atoms with Gasteiger partial charge in [0.15, 0.2) is 19.7 Å². The number of pyridine rings is 1. The number of hydrogen-bond acceptors (Lipinski definition) is 16. The van der Waals surface area contributed by atoms with Gasteiger partial charge in [0.05, 0.1) is 68.9 Å². The van der Waals surface area contributed by atoms with Crippen molar-refractivity contribution in [2.75, 3.05) is 87.3 Å². The Morgan fingerprint density at radius 3 is 1.33 bits per heavy atom. The summed E-state index contributed by atoms with van der Waals surface area (Å²) in [5, 5.41) is 33.9. The van der Waals surface area contributed by atoms with Gasteiger partial charge in [-0.2, -0.15) is 15.3 Å². The number of carbonyl (C=O) groups is 4. The van der Waals surface area contributed by atoms with Gasteiger partial charge in [-0.25, -0.2) is 63.4 Å². The summed E-state index contributed by atoms with van der Waals surface area (Å²) in [6.07, 6.45) is 2.77. The van der Waals surface area contributed by atoms with E-state index in [0.717, 1.165) is 67.6 Å². The zero-order valence-corrected chi connectivity index (χ0v) is 64.8. The van der Waals surface area contributed by atoms with Gasteiger partial charge in [-0.15, -0.1) is 0 Å². The molecule has 11 aromatic rings. The number of rotatable bonds is 15. The van der Waals surface area contributed by atoms with Crippen LogP contribution in [0.1, 0.15) is 108 Å². The number of nitrogens with one attached hydrogen (secondary N) is 8. The third-order valence-corrected chi connectivity index (χ3v) is 21.6. The van der Waals surface area contributed by atoms with E-state index in [1.165, 1.54) is 12.1 Å². The minimum absolute atomic E-state index is 0. The smallest absolute Gasteiger partial charge is 0.326 e. The molecule has 31 heteroatoms. The number of aromatic amines is 1. The second-order valence-electron chi connectivity index (χ2n) is 29.6. The number of urea groups is 3. The Bertz CT molecular complexity index is 5420. The van der Waals surface area contributed by atoms with Crippen molar-refractivity contribution in [1.29, 1.82) is 0 Å². The summed E-state index contributed by atoms with van der Waals surface area (Å²) >= 11 is 5.88. The zero-order chi connectivity index (χ0) is 77.5. The Labute approximate surface area is 640 Å². The number of hydrogen-bond donors (Lipinski definition) is 8. The summed E-state index contributed by atoms with van der Waals surface area (Å²) in [6, 6.07) is 52.2. The lowest BCUT2D eigenvalue weighted by atomic mass is 9.92. The van der Waals surface area contributed by atoms with Gasteiger partial charge >= 0.3 is 18.1 Å². The number of para-hydroxylation sites is 1. The van der Waals surface area contributed by atoms with Crippen LogP contribution in [0, 0.1) is 0 Å². The minimum atomic E-state index is -3.67. The topological polar surface area (TPSA) is 344 Å². The molecule has 5 aromatic heterocycles. The molecule has 2 saturated heterocycles. The van der Waals surface area contributed by atoms with Crippen molar-refractivity contribution in [1.82, 2.24) is 53.8 Å². The van der Waals surface area contributed by atoms with Crippen LogP contribution in [0.15, 0.2) is 182 Å². The number of anilines is 6. The van der Waals surface area contributed by atoms with Crippen molar-refractivity contribution in [2.45, 2.75) is 99.1 Å². The van der Waals surface area contributed by atoms with Crippen LogP contribution in [-0.2, 0) is 59.0 Å². The predicted octanol–water partition coefficient (Wildman–Crippen LogP) is 13.9. The summed E-state index contributed by atoms with van der Waals surface area (Å²) in [7, 11) is -9.47. The van der Waals surface area contributed by atoms with Crippen molar-refractivity contribution in [3.8, 4) is 17.1 Å². The number of benzene rings is 6. The monoisotopic (exact) mass is 1560 g/mol. The molecule has 109 heavy (non-hydrogen) atoms. The Kier molecular flexibility index (Phi) is 24.7. The van der Waals surface area contributed by atoms with E-state index in [1.54, 1.807) is 62.6 Å². The molecule has 0 bridgehead atoms. The van der Waals surface area contributed by atoms with Crippen LogP contribution < -0.4 is 36.6 Å². The van der Waals surface area contributed by atoms with Gasteiger partial charge in [0.2, 0.25) is 10.0 Å². The van der Waals surface area contributed by atoms with E-state index in [-0.39, 0.29) is 58.3 Å². The van der Waals surface area contributed by atoms with E-state index in [9.17, 15) is 44.4 Å².